The number of nitrogens with zero attached hydrogens (tertiary/aromatic N) is 1. The zero-order valence-corrected chi connectivity index (χ0v) is 9.95. The van der Waals surface area contributed by atoms with Gasteiger partial charge in [0.25, 0.3) is 5.56 Å². The molecular weight excluding hydrogens is 224 g/mol. The van der Waals surface area contributed by atoms with Crippen molar-refractivity contribution in [3.63, 3.8) is 0 Å². The number of nitrogens with one attached hydrogen (secondary N) is 1. The maximum absolute atomic E-state index is 11.0. The first-order chi connectivity index (χ1) is 7.75. The van der Waals surface area contributed by atoms with Gasteiger partial charge in [-0.1, -0.05) is 37.6 Å². The molecule has 0 aliphatic rings. The summed E-state index contributed by atoms with van der Waals surface area (Å²) in [7, 11) is 0. The van der Waals surface area contributed by atoms with Crippen molar-refractivity contribution in [2.24, 2.45) is 0 Å². The molecule has 1 heterocycles. The lowest BCUT2D eigenvalue weighted by Crippen LogP contribution is -2.04. The first-order valence-corrected chi connectivity index (χ1v) is 5.44. The molecule has 0 aliphatic carbocycles. The third-order valence-corrected chi connectivity index (χ3v) is 2.03. The van der Waals surface area contributed by atoms with E-state index in [1.807, 2.05) is 26.0 Å². The number of hydrogen-bond acceptors (Lipinski definition) is 2. The molecule has 1 aromatic carbocycles. The molecule has 3 nitrogen and oxygen atoms in total. The van der Waals surface area contributed by atoms with Crippen molar-refractivity contribution in [3.05, 3.63) is 52.0 Å². The van der Waals surface area contributed by atoms with Crippen LogP contribution in [0.1, 0.15) is 13.8 Å². The van der Waals surface area contributed by atoms with Crippen molar-refractivity contribution in [2.45, 2.75) is 13.8 Å². The quantitative estimate of drug-likeness (QED) is 0.827. The van der Waals surface area contributed by atoms with E-state index in [0.717, 1.165) is 5.56 Å². The van der Waals surface area contributed by atoms with Gasteiger partial charge in [0.1, 0.15) is 0 Å². The van der Waals surface area contributed by atoms with E-state index in [1.54, 1.807) is 12.1 Å². The van der Waals surface area contributed by atoms with Gasteiger partial charge in [0.05, 0.1) is 12.0 Å². The molecule has 0 amide bonds. The van der Waals surface area contributed by atoms with Gasteiger partial charge in [0.2, 0.25) is 0 Å². The van der Waals surface area contributed by atoms with Gasteiger partial charge in [0.15, 0.2) is 0 Å². The molecule has 0 radical (unpaired) electrons. The van der Waals surface area contributed by atoms with Crippen LogP contribution in [0, 0.1) is 0 Å². The van der Waals surface area contributed by atoms with Crippen LogP contribution in [0.15, 0.2) is 41.5 Å². The predicted octanol–water partition coefficient (Wildman–Crippen LogP) is 3.12. The van der Waals surface area contributed by atoms with E-state index < -0.39 is 0 Å². The third kappa shape index (κ3) is 3.21. The molecule has 2 aromatic rings. The zero-order valence-electron chi connectivity index (χ0n) is 9.20. The summed E-state index contributed by atoms with van der Waals surface area (Å²) >= 11 is 5.82. The van der Waals surface area contributed by atoms with Crippen LogP contribution in [-0.4, -0.2) is 9.97 Å². The minimum atomic E-state index is -0.171. The number of halogens is 1. The lowest BCUT2D eigenvalue weighted by Gasteiger charge is -1.99. The Hall–Kier alpha value is -1.61. The van der Waals surface area contributed by atoms with Gasteiger partial charge in [-0.3, -0.25) is 4.79 Å². The van der Waals surface area contributed by atoms with Crippen molar-refractivity contribution in [1.29, 1.82) is 0 Å². The fourth-order valence-electron chi connectivity index (χ4n) is 1.17. The Labute approximate surface area is 99.1 Å². The van der Waals surface area contributed by atoms with Crippen LogP contribution in [0.4, 0.5) is 0 Å². The summed E-state index contributed by atoms with van der Waals surface area (Å²) in [6, 6.07) is 8.65. The number of aromatic amines is 1. The second-order valence-electron chi connectivity index (χ2n) is 2.81. The van der Waals surface area contributed by atoms with Crippen LogP contribution < -0.4 is 5.56 Å². The minimum Gasteiger partial charge on any atom is -0.313 e. The number of aromatic nitrogens is 2. The fraction of sp³-hybridized carbons (Fsp3) is 0.167. The van der Waals surface area contributed by atoms with Crippen LogP contribution in [0.5, 0.6) is 0 Å². The Morgan fingerprint density at radius 3 is 2.62 bits per heavy atom. The van der Waals surface area contributed by atoms with Crippen molar-refractivity contribution in [1.82, 2.24) is 9.97 Å². The van der Waals surface area contributed by atoms with Crippen LogP contribution in [0.3, 0.4) is 0 Å². The average molecular weight is 237 g/mol. The third-order valence-electron chi connectivity index (χ3n) is 1.80. The molecule has 84 valence electrons. The Balaban J connectivity index is 0.000000606. The molecule has 0 atom stereocenters. The predicted molar refractivity (Wildman–Crippen MR) is 66.7 cm³/mol. The summed E-state index contributed by atoms with van der Waals surface area (Å²) in [6.45, 7) is 4.00. The number of rotatable bonds is 1. The number of benzene rings is 1. The van der Waals surface area contributed by atoms with Crippen molar-refractivity contribution in [2.75, 3.05) is 0 Å². The minimum absolute atomic E-state index is 0.171. The molecule has 0 unspecified atom stereocenters. The largest absolute Gasteiger partial charge is 0.313 e. The van der Waals surface area contributed by atoms with Gasteiger partial charge < -0.3 is 4.98 Å². The van der Waals surface area contributed by atoms with Crippen LogP contribution in [0.25, 0.3) is 11.3 Å². The Bertz CT molecular complexity index is 508. The smallest absolute Gasteiger partial charge is 0.251 e. The highest BCUT2D eigenvalue weighted by Crippen LogP contribution is 2.18. The molecule has 16 heavy (non-hydrogen) atoms. The molecule has 2 rings (SSSR count). The summed E-state index contributed by atoms with van der Waals surface area (Å²) in [4.78, 5) is 17.5. The lowest BCUT2D eigenvalue weighted by atomic mass is 10.1. The average Bonchev–Trinajstić information content (AvgIpc) is 2.32. The lowest BCUT2D eigenvalue weighted by molar-refractivity contribution is 1.12. The molecule has 0 saturated heterocycles. The van der Waals surface area contributed by atoms with Gasteiger partial charge in [-0.2, -0.15) is 0 Å². The Morgan fingerprint density at radius 2 is 2.00 bits per heavy atom. The number of H-pyrrole nitrogens is 1. The zero-order chi connectivity index (χ0) is 12.0. The van der Waals surface area contributed by atoms with E-state index >= 15 is 0 Å². The van der Waals surface area contributed by atoms with Gasteiger partial charge in [-0.25, -0.2) is 4.98 Å². The second-order valence-corrected chi connectivity index (χ2v) is 3.24. The fourth-order valence-corrected chi connectivity index (χ4v) is 1.36. The standard InChI is InChI=1S/C10H7ClN2O.C2H6/c11-8-3-1-2-7(4-8)9-5-10(14)13-6-12-9;1-2/h1-6H,(H,12,13,14);1-2H3. The second kappa shape index (κ2) is 6.08. The van der Waals surface area contributed by atoms with E-state index in [2.05, 4.69) is 9.97 Å². The van der Waals surface area contributed by atoms with E-state index in [4.69, 9.17) is 11.6 Å². The highest BCUT2D eigenvalue weighted by molar-refractivity contribution is 6.30. The normalized spacial score (nSPS) is 9.19. The summed E-state index contributed by atoms with van der Waals surface area (Å²) in [6.07, 6.45) is 1.37. The molecule has 4 heteroatoms. The van der Waals surface area contributed by atoms with E-state index in [9.17, 15) is 4.79 Å². The van der Waals surface area contributed by atoms with Crippen LogP contribution in [0.2, 0.25) is 5.02 Å². The molecule has 0 bridgehead atoms. The topological polar surface area (TPSA) is 45.8 Å². The summed E-state index contributed by atoms with van der Waals surface area (Å²) in [5.74, 6) is 0. The van der Waals surface area contributed by atoms with Gasteiger partial charge in [-0.15, -0.1) is 0 Å². The SMILES string of the molecule is CC.O=c1cc(-c2cccc(Cl)c2)nc[nH]1. The van der Waals surface area contributed by atoms with Gasteiger partial charge in [-0.05, 0) is 12.1 Å². The Kier molecular flexibility index (Phi) is 4.73. The van der Waals surface area contributed by atoms with Crippen molar-refractivity contribution < 1.29 is 0 Å². The summed E-state index contributed by atoms with van der Waals surface area (Å²) in [5.41, 5.74) is 1.29. The first kappa shape index (κ1) is 12.5. The molecule has 0 saturated carbocycles. The summed E-state index contributed by atoms with van der Waals surface area (Å²) < 4.78 is 0. The monoisotopic (exact) mass is 236 g/mol. The van der Waals surface area contributed by atoms with E-state index in [1.165, 1.54) is 12.4 Å². The highest BCUT2D eigenvalue weighted by Gasteiger charge is 1.99. The van der Waals surface area contributed by atoms with Gasteiger partial charge >= 0.3 is 0 Å². The maximum atomic E-state index is 11.0. The molecule has 0 aliphatic heterocycles. The maximum Gasteiger partial charge on any atom is 0.251 e. The first-order valence-electron chi connectivity index (χ1n) is 5.06. The molecule has 0 spiro atoms. The molecular formula is C12H13ClN2O. The van der Waals surface area contributed by atoms with Crippen LogP contribution >= 0.6 is 11.6 Å². The Morgan fingerprint density at radius 1 is 1.25 bits per heavy atom. The van der Waals surface area contributed by atoms with Crippen molar-refractivity contribution in [3.8, 4) is 11.3 Å². The van der Waals surface area contributed by atoms with Crippen molar-refractivity contribution >= 4 is 11.6 Å². The summed E-state index contributed by atoms with van der Waals surface area (Å²) in [5, 5.41) is 0.629. The van der Waals surface area contributed by atoms with E-state index in [-0.39, 0.29) is 5.56 Å². The molecule has 0 fully saturated rings. The molecule has 1 N–H and O–H groups in total. The van der Waals surface area contributed by atoms with Crippen LogP contribution in [-0.2, 0) is 0 Å². The number of hydrogen-bond donors (Lipinski definition) is 1. The molecule has 1 aromatic heterocycles. The highest BCUT2D eigenvalue weighted by atomic mass is 35.5. The van der Waals surface area contributed by atoms with Gasteiger partial charge in [0, 0.05) is 16.7 Å². The van der Waals surface area contributed by atoms with E-state index in [0.29, 0.717) is 10.7 Å².